The van der Waals surface area contributed by atoms with Gasteiger partial charge in [-0.15, -0.1) is 0 Å². The average molecular weight is 218 g/mol. The Kier molecular flexibility index (Phi) is 4.58. The molecular weight excluding hydrogens is 203 g/mol. The van der Waals surface area contributed by atoms with Crippen LogP contribution >= 0.6 is 10.3 Å². The molecule has 4 heteroatoms. The van der Waals surface area contributed by atoms with Crippen molar-refractivity contribution in [1.82, 2.24) is 0 Å². The van der Waals surface area contributed by atoms with Gasteiger partial charge >= 0.3 is 94.0 Å². The van der Waals surface area contributed by atoms with Gasteiger partial charge in [0.2, 0.25) is 0 Å². The van der Waals surface area contributed by atoms with Crippen LogP contribution in [0.4, 0.5) is 5.69 Å². The van der Waals surface area contributed by atoms with Gasteiger partial charge in [-0.2, -0.15) is 0 Å². The van der Waals surface area contributed by atoms with Crippen molar-refractivity contribution in [1.29, 1.82) is 5.26 Å². The Labute approximate surface area is 94.3 Å². The van der Waals surface area contributed by atoms with E-state index in [1.807, 2.05) is 13.1 Å². The first-order valence-electron chi connectivity index (χ1n) is 4.92. The van der Waals surface area contributed by atoms with Crippen molar-refractivity contribution >= 4 is 22.2 Å². The third-order valence-electron chi connectivity index (χ3n) is 2.33. The molecule has 0 fully saturated rings. The topological polar surface area (TPSA) is 35.8 Å². The molecule has 0 bridgehead atoms. The van der Waals surface area contributed by atoms with Crippen LogP contribution in [0.3, 0.4) is 0 Å². The Balaban J connectivity index is 3.30. The Morgan fingerprint density at radius 3 is 2.80 bits per heavy atom. The van der Waals surface area contributed by atoms with Crippen LogP contribution in [0.5, 0.6) is 0 Å². The Morgan fingerprint density at radius 1 is 1.53 bits per heavy atom. The first-order chi connectivity index (χ1) is 7.24. The number of hydrogen-bond acceptors (Lipinski definition) is 2. The summed E-state index contributed by atoms with van der Waals surface area (Å²) in [6.07, 6.45) is 4.77. The molecule has 1 atom stereocenters. The summed E-state index contributed by atoms with van der Waals surface area (Å²) < 4.78 is 0. The van der Waals surface area contributed by atoms with E-state index >= 15 is 0 Å². The molecule has 0 aliphatic rings. The molecule has 0 aromatic heterocycles. The maximum atomic E-state index is 8.67. The van der Waals surface area contributed by atoms with Gasteiger partial charge in [-0.25, -0.2) is 0 Å². The first kappa shape index (κ1) is 12.0. The van der Waals surface area contributed by atoms with Crippen molar-refractivity contribution in [2.45, 2.75) is 18.2 Å². The molecule has 2 nitrogen and oxygen atoms in total. The molecule has 0 aliphatic carbocycles. The molecule has 1 N–H and O–H groups in total. The Morgan fingerprint density at radius 2 is 2.27 bits per heavy atom. The van der Waals surface area contributed by atoms with E-state index in [1.165, 1.54) is 16.1 Å². The molecule has 1 aromatic rings. The standard InChI is InChI=1S/C11H15BN2S/c1-4-9-10(14-2)6-5-7-11(9)15(3)12-8-13/h5-7,14H,4H2,1-3H3. The van der Waals surface area contributed by atoms with E-state index in [9.17, 15) is 0 Å². The van der Waals surface area contributed by atoms with Crippen LogP contribution in [0, 0.1) is 11.2 Å². The number of rotatable bonds is 3. The number of nitrogens with one attached hydrogen (secondary N) is 1. The summed E-state index contributed by atoms with van der Waals surface area (Å²) in [5, 5.41) is 11.9. The zero-order chi connectivity index (χ0) is 11.3. The quantitative estimate of drug-likeness (QED) is 0.791. The molecule has 0 heterocycles. The predicted molar refractivity (Wildman–Crippen MR) is 68.5 cm³/mol. The molecule has 1 aromatic carbocycles. The minimum absolute atomic E-state index is 0.0829. The normalized spacial score (nSPS) is 11.6. The molecule has 0 aliphatic heterocycles. The van der Waals surface area contributed by atoms with Gasteiger partial charge in [0.05, 0.1) is 0 Å². The molecule has 0 amide bonds. The molecule has 0 saturated carbocycles. The molecule has 1 rings (SSSR count). The van der Waals surface area contributed by atoms with Crippen molar-refractivity contribution in [2.24, 2.45) is 0 Å². The van der Waals surface area contributed by atoms with Crippen molar-refractivity contribution < 1.29 is 0 Å². The fourth-order valence-corrected chi connectivity index (χ4v) is 2.83. The van der Waals surface area contributed by atoms with E-state index in [0.29, 0.717) is 0 Å². The predicted octanol–water partition coefficient (Wildman–Crippen LogP) is 2.65. The van der Waals surface area contributed by atoms with Gasteiger partial charge < -0.3 is 0 Å². The number of nitriles is 1. The van der Waals surface area contributed by atoms with Gasteiger partial charge in [0.25, 0.3) is 0 Å². The number of nitrogens with zero attached hydrogens (tertiary/aromatic N) is 1. The van der Waals surface area contributed by atoms with Crippen molar-refractivity contribution in [3.05, 3.63) is 23.8 Å². The van der Waals surface area contributed by atoms with Crippen molar-refractivity contribution in [3.63, 3.8) is 0 Å². The molecule has 15 heavy (non-hydrogen) atoms. The molecule has 0 radical (unpaired) electrons. The third-order valence-corrected chi connectivity index (χ3v) is 3.87. The molecular formula is C11H15BN2S. The monoisotopic (exact) mass is 218 g/mol. The summed E-state index contributed by atoms with van der Waals surface area (Å²) in [4.78, 5) is 1.27. The number of benzene rings is 1. The van der Waals surface area contributed by atoms with Gasteiger partial charge in [-0.3, -0.25) is 0 Å². The van der Waals surface area contributed by atoms with Crippen LogP contribution in [0.2, 0.25) is 0 Å². The van der Waals surface area contributed by atoms with Crippen LogP contribution in [0.1, 0.15) is 12.5 Å². The molecule has 78 valence electrons. The zero-order valence-corrected chi connectivity index (χ0v) is 10.2. The SMILES string of the molecule is CCc1c(NC)cccc1S(C)=BC#N. The van der Waals surface area contributed by atoms with E-state index in [0.717, 1.165) is 6.42 Å². The third kappa shape index (κ3) is 2.70. The Hall–Kier alpha value is -1.08. The van der Waals surface area contributed by atoms with Crippen LogP contribution in [0.15, 0.2) is 23.1 Å². The van der Waals surface area contributed by atoms with E-state index in [-0.39, 0.29) is 10.3 Å². The Bertz CT molecular complexity index is 421. The second-order valence-corrected chi connectivity index (χ2v) is 4.98. The summed E-state index contributed by atoms with van der Waals surface area (Å²) in [5.41, 5.74) is 2.48. The summed E-state index contributed by atoms with van der Waals surface area (Å²) in [7, 11) is 1.85. The van der Waals surface area contributed by atoms with Crippen molar-refractivity contribution in [3.8, 4) is 5.97 Å². The van der Waals surface area contributed by atoms with Crippen LogP contribution < -0.4 is 5.32 Å². The molecule has 1 unspecified atom stereocenters. The summed E-state index contributed by atoms with van der Waals surface area (Å²) in [6.45, 7) is 2.14. The molecule has 0 saturated heterocycles. The maximum absolute atomic E-state index is 8.67. The number of hydrogen-bond donors (Lipinski definition) is 1. The summed E-state index contributed by atoms with van der Waals surface area (Å²) >= 11 is 0. The van der Waals surface area contributed by atoms with Gasteiger partial charge in [0, 0.05) is 0 Å². The second-order valence-electron chi connectivity index (χ2n) is 3.19. The van der Waals surface area contributed by atoms with Crippen LogP contribution in [-0.2, 0) is 6.42 Å². The minimum atomic E-state index is -0.0829. The molecule has 0 spiro atoms. The van der Waals surface area contributed by atoms with Gasteiger partial charge in [-0.05, 0) is 0 Å². The average Bonchev–Trinajstić information content (AvgIpc) is 2.28. The zero-order valence-electron chi connectivity index (χ0n) is 9.37. The van der Waals surface area contributed by atoms with Crippen LogP contribution in [0.25, 0.3) is 0 Å². The van der Waals surface area contributed by atoms with E-state index in [4.69, 9.17) is 5.26 Å². The summed E-state index contributed by atoms with van der Waals surface area (Å²) in [5.74, 6) is 2.12. The fraction of sp³-hybridized carbons (Fsp3) is 0.364. The fourth-order valence-electron chi connectivity index (χ4n) is 1.61. The van der Waals surface area contributed by atoms with Crippen LogP contribution in [-0.4, -0.2) is 19.5 Å². The van der Waals surface area contributed by atoms with Gasteiger partial charge in [-0.1, -0.05) is 0 Å². The van der Waals surface area contributed by atoms with Gasteiger partial charge in [0.15, 0.2) is 0 Å². The first-order valence-corrected chi connectivity index (χ1v) is 6.61. The van der Waals surface area contributed by atoms with Crippen molar-refractivity contribution in [2.75, 3.05) is 18.6 Å². The summed E-state index contributed by atoms with van der Waals surface area (Å²) in [6, 6.07) is 6.22. The van der Waals surface area contributed by atoms with E-state index in [1.54, 1.807) is 6.15 Å². The second kappa shape index (κ2) is 5.72. The van der Waals surface area contributed by atoms with Gasteiger partial charge in [0.1, 0.15) is 0 Å². The van der Waals surface area contributed by atoms with E-state index in [2.05, 4.69) is 36.6 Å². The van der Waals surface area contributed by atoms with E-state index < -0.39 is 0 Å². The number of anilines is 1.